The number of amides is 2. The van der Waals surface area contributed by atoms with Gasteiger partial charge in [0.25, 0.3) is 0 Å². The van der Waals surface area contributed by atoms with Crippen LogP contribution in [0.2, 0.25) is 5.02 Å². The second-order valence-electron chi connectivity index (χ2n) is 6.52. The summed E-state index contributed by atoms with van der Waals surface area (Å²) in [7, 11) is 0. The van der Waals surface area contributed by atoms with E-state index in [0.29, 0.717) is 22.1 Å². The van der Waals surface area contributed by atoms with Crippen LogP contribution in [0.4, 0.5) is 28.7 Å². The van der Waals surface area contributed by atoms with E-state index in [4.69, 9.17) is 21.5 Å². The molecular formula is C19H19ClF3N3O5S. The highest BCUT2D eigenvalue weighted by atomic mass is 35.5. The van der Waals surface area contributed by atoms with Gasteiger partial charge in [-0.05, 0) is 42.8 Å². The second kappa shape index (κ2) is 10.7. The number of anilines is 2. The number of aliphatic carboxylic acids is 1. The Hall–Kier alpha value is -2.83. The number of nitrogens with zero attached hydrogens (tertiary/aromatic N) is 1. The molecule has 2 aromatic rings. The highest BCUT2D eigenvalue weighted by molar-refractivity contribution is 7.17. The summed E-state index contributed by atoms with van der Waals surface area (Å²) in [5.74, 6) is -3.77. The lowest BCUT2D eigenvalue weighted by Crippen LogP contribution is -2.29. The first-order chi connectivity index (χ1) is 14.9. The molecule has 1 aromatic heterocycles. The molecule has 174 valence electrons. The average molecular weight is 494 g/mol. The number of halogens is 4. The van der Waals surface area contributed by atoms with E-state index >= 15 is 0 Å². The van der Waals surface area contributed by atoms with Gasteiger partial charge in [-0.2, -0.15) is 13.2 Å². The number of nitrogens with one attached hydrogen (secondary N) is 2. The smallest absolute Gasteiger partial charge is 0.478 e. The lowest BCUT2D eigenvalue weighted by molar-refractivity contribution is -0.192. The summed E-state index contributed by atoms with van der Waals surface area (Å²) in [5.41, 5.74) is 1.63. The van der Waals surface area contributed by atoms with E-state index in [0.717, 1.165) is 30.1 Å². The quantitative estimate of drug-likeness (QED) is 0.488. The monoisotopic (exact) mass is 493 g/mol. The zero-order chi connectivity index (χ0) is 24.1. The van der Waals surface area contributed by atoms with E-state index < -0.39 is 24.1 Å². The number of alkyl halides is 3. The van der Waals surface area contributed by atoms with Crippen LogP contribution in [0.1, 0.15) is 27.7 Å². The number of thiophene rings is 1. The van der Waals surface area contributed by atoms with Crippen LogP contribution >= 0.6 is 22.9 Å². The highest BCUT2D eigenvalue weighted by Gasteiger charge is 2.38. The number of benzene rings is 1. The standard InChI is InChI=1S/C17H18ClN3O3S.C2HF3O2/c1-2-21-8-7-12-13(9-21)25-15(14(12)16(22)23)20-17(24)19-11-5-3-10(18)4-6-11;3-2(4,5)1(6)7/h3-6H,2,7-9H2,1H3,(H,22,23)(H2,19,20,24);(H,6,7). The van der Waals surface area contributed by atoms with Gasteiger partial charge in [-0.3, -0.25) is 10.2 Å². The molecule has 1 aliphatic rings. The first-order valence-corrected chi connectivity index (χ1v) is 10.4. The molecule has 4 N–H and O–H groups in total. The summed E-state index contributed by atoms with van der Waals surface area (Å²) < 4.78 is 31.7. The Morgan fingerprint density at radius 1 is 1.16 bits per heavy atom. The molecule has 0 atom stereocenters. The molecule has 1 aliphatic heterocycles. The van der Waals surface area contributed by atoms with Crippen LogP contribution in [0.25, 0.3) is 0 Å². The predicted molar refractivity (Wildman–Crippen MR) is 114 cm³/mol. The molecule has 0 aliphatic carbocycles. The molecule has 0 spiro atoms. The maximum atomic E-state index is 12.2. The van der Waals surface area contributed by atoms with Gasteiger partial charge in [-0.15, -0.1) is 11.3 Å². The fourth-order valence-electron chi connectivity index (χ4n) is 2.84. The van der Waals surface area contributed by atoms with Crippen LogP contribution in [-0.4, -0.2) is 52.3 Å². The minimum atomic E-state index is -5.08. The third-order valence-corrected chi connectivity index (χ3v) is 5.75. The first kappa shape index (κ1) is 25.4. The molecule has 0 saturated carbocycles. The van der Waals surface area contributed by atoms with Crippen LogP contribution in [0, 0.1) is 0 Å². The van der Waals surface area contributed by atoms with Crippen LogP contribution in [0.5, 0.6) is 0 Å². The van der Waals surface area contributed by atoms with Gasteiger partial charge in [0.1, 0.15) is 5.00 Å². The number of likely N-dealkylation sites (N-methyl/N-ethyl adjacent to an activating group) is 1. The first-order valence-electron chi connectivity index (χ1n) is 9.16. The molecule has 0 fully saturated rings. The third kappa shape index (κ3) is 6.84. The molecule has 3 rings (SSSR count). The van der Waals surface area contributed by atoms with Gasteiger partial charge < -0.3 is 15.5 Å². The maximum absolute atomic E-state index is 12.2. The Balaban J connectivity index is 0.000000451. The Morgan fingerprint density at radius 3 is 2.25 bits per heavy atom. The number of rotatable bonds is 4. The lowest BCUT2D eigenvalue weighted by Gasteiger charge is -2.25. The summed E-state index contributed by atoms with van der Waals surface area (Å²) in [6.07, 6.45) is -4.40. The fraction of sp³-hybridized carbons (Fsp3) is 0.316. The molecule has 32 heavy (non-hydrogen) atoms. The number of urea groups is 1. The van der Waals surface area contributed by atoms with E-state index in [1.807, 2.05) is 0 Å². The number of carbonyl (C=O) groups excluding carboxylic acids is 1. The number of carbonyl (C=O) groups is 3. The number of fused-ring (bicyclic) bond motifs is 1. The minimum Gasteiger partial charge on any atom is -0.478 e. The second-order valence-corrected chi connectivity index (χ2v) is 8.06. The zero-order valence-electron chi connectivity index (χ0n) is 16.6. The number of hydrogen-bond acceptors (Lipinski definition) is 5. The minimum absolute atomic E-state index is 0.210. The van der Waals surface area contributed by atoms with Crippen LogP contribution in [-0.2, 0) is 17.8 Å². The number of carboxylic acid groups (broad SMARTS) is 2. The van der Waals surface area contributed by atoms with Gasteiger partial charge in [0, 0.05) is 28.7 Å². The Labute approximate surface area is 189 Å². The van der Waals surface area contributed by atoms with Gasteiger partial charge >= 0.3 is 24.1 Å². The van der Waals surface area contributed by atoms with Gasteiger partial charge in [0.15, 0.2) is 0 Å². The summed E-state index contributed by atoms with van der Waals surface area (Å²) in [4.78, 5) is 36.1. The van der Waals surface area contributed by atoms with Crippen molar-refractivity contribution >= 4 is 51.6 Å². The van der Waals surface area contributed by atoms with Crippen LogP contribution in [0.15, 0.2) is 24.3 Å². The maximum Gasteiger partial charge on any atom is 0.490 e. The van der Waals surface area contributed by atoms with Crippen LogP contribution < -0.4 is 10.6 Å². The van der Waals surface area contributed by atoms with Crippen molar-refractivity contribution < 1.29 is 37.8 Å². The molecule has 0 bridgehead atoms. The Bertz CT molecular complexity index is 995. The SMILES string of the molecule is CCN1CCc2c(sc(NC(=O)Nc3ccc(Cl)cc3)c2C(=O)O)C1.O=C(O)C(F)(F)F. The summed E-state index contributed by atoms with van der Waals surface area (Å²) in [5, 5.41) is 23.0. The van der Waals surface area contributed by atoms with Crippen molar-refractivity contribution in [3.05, 3.63) is 45.3 Å². The van der Waals surface area contributed by atoms with E-state index in [-0.39, 0.29) is 5.56 Å². The van der Waals surface area contributed by atoms with Crippen LogP contribution in [0.3, 0.4) is 0 Å². The summed E-state index contributed by atoms with van der Waals surface area (Å²) >= 11 is 7.15. The van der Waals surface area contributed by atoms with Gasteiger partial charge in [0.2, 0.25) is 0 Å². The van der Waals surface area contributed by atoms with E-state index in [1.165, 1.54) is 11.3 Å². The van der Waals surface area contributed by atoms with Crippen molar-refractivity contribution in [3.8, 4) is 0 Å². The third-order valence-electron chi connectivity index (χ3n) is 4.37. The van der Waals surface area contributed by atoms with Crippen molar-refractivity contribution in [1.82, 2.24) is 4.90 Å². The predicted octanol–water partition coefficient (Wildman–Crippen LogP) is 4.76. The number of aromatic carboxylic acids is 1. The molecule has 0 unspecified atom stereocenters. The van der Waals surface area contributed by atoms with E-state index in [1.54, 1.807) is 24.3 Å². The molecule has 2 heterocycles. The Kier molecular flexibility index (Phi) is 8.47. The topological polar surface area (TPSA) is 119 Å². The molecule has 0 saturated heterocycles. The largest absolute Gasteiger partial charge is 0.490 e. The van der Waals surface area contributed by atoms with E-state index in [9.17, 15) is 27.9 Å². The molecule has 13 heteroatoms. The zero-order valence-corrected chi connectivity index (χ0v) is 18.2. The fourth-order valence-corrected chi connectivity index (χ4v) is 4.24. The molecule has 0 radical (unpaired) electrons. The number of carboxylic acids is 2. The molecule has 1 aromatic carbocycles. The Morgan fingerprint density at radius 2 is 1.75 bits per heavy atom. The van der Waals surface area contributed by atoms with Crippen molar-refractivity contribution in [2.75, 3.05) is 23.7 Å². The molecule has 2 amide bonds. The lowest BCUT2D eigenvalue weighted by atomic mass is 10.0. The van der Waals surface area contributed by atoms with Crippen molar-refractivity contribution in [2.45, 2.75) is 26.1 Å². The van der Waals surface area contributed by atoms with E-state index in [2.05, 4.69) is 22.5 Å². The number of hydrogen-bond donors (Lipinski definition) is 4. The summed E-state index contributed by atoms with van der Waals surface area (Å²) in [6, 6.07) is 6.22. The van der Waals surface area contributed by atoms with Gasteiger partial charge in [-0.25, -0.2) is 14.4 Å². The van der Waals surface area contributed by atoms with Crippen molar-refractivity contribution in [1.29, 1.82) is 0 Å². The average Bonchev–Trinajstić information content (AvgIpc) is 3.06. The van der Waals surface area contributed by atoms with Crippen molar-refractivity contribution in [3.63, 3.8) is 0 Å². The normalized spacial score (nSPS) is 13.4. The van der Waals surface area contributed by atoms with Gasteiger partial charge in [-0.1, -0.05) is 18.5 Å². The van der Waals surface area contributed by atoms with Crippen molar-refractivity contribution in [2.24, 2.45) is 0 Å². The highest BCUT2D eigenvalue weighted by Crippen LogP contribution is 2.37. The summed E-state index contributed by atoms with van der Waals surface area (Å²) in [6.45, 7) is 4.54. The van der Waals surface area contributed by atoms with Gasteiger partial charge in [0.05, 0.1) is 5.56 Å². The molecular weight excluding hydrogens is 475 g/mol. The molecule has 8 nitrogen and oxygen atoms in total.